The van der Waals surface area contributed by atoms with Crippen molar-refractivity contribution in [2.24, 2.45) is 5.92 Å². The number of carbonyl (C=O) groups is 1. The highest BCUT2D eigenvalue weighted by atomic mass is 16.5. The molecule has 2 spiro atoms. The summed E-state index contributed by atoms with van der Waals surface area (Å²) in [4.78, 5) is 15.8. The molecule has 7 rings (SSSR count). The van der Waals surface area contributed by atoms with E-state index in [2.05, 4.69) is 17.9 Å². The Morgan fingerprint density at radius 1 is 1.33 bits per heavy atom. The number of furan rings is 1. The Bertz CT molecular complexity index is 1080. The quantitative estimate of drug-likeness (QED) is 0.751. The lowest BCUT2D eigenvalue weighted by Gasteiger charge is -2.59. The molecular formula is C25H27NO4. The van der Waals surface area contributed by atoms with E-state index in [0.717, 1.165) is 43.0 Å². The fourth-order valence-electron chi connectivity index (χ4n) is 8.05. The van der Waals surface area contributed by atoms with E-state index in [9.17, 15) is 4.79 Å². The monoisotopic (exact) mass is 405 g/mol. The second-order valence-electron chi connectivity index (χ2n) is 9.97. The molecule has 5 aliphatic rings. The Hall–Kier alpha value is -2.27. The Morgan fingerprint density at radius 3 is 3.00 bits per heavy atom. The Morgan fingerprint density at radius 2 is 2.23 bits per heavy atom. The van der Waals surface area contributed by atoms with Crippen molar-refractivity contribution in [3.8, 4) is 22.6 Å². The number of unbranched alkanes of at least 4 members (excludes halogenated alkanes) is 1. The minimum Gasteiger partial charge on any atom is -0.493 e. The van der Waals surface area contributed by atoms with Crippen LogP contribution in [0.4, 0.5) is 0 Å². The van der Waals surface area contributed by atoms with Gasteiger partial charge in [-0.15, -0.1) is 0 Å². The number of benzene rings is 1. The molecule has 3 heterocycles. The average Bonchev–Trinajstić information content (AvgIpc) is 3.47. The minimum atomic E-state index is -0.337. The molecule has 0 N–H and O–H groups in total. The summed E-state index contributed by atoms with van der Waals surface area (Å²) in [6.07, 6.45) is 8.37. The van der Waals surface area contributed by atoms with Crippen LogP contribution in [0.1, 0.15) is 50.2 Å². The van der Waals surface area contributed by atoms with Gasteiger partial charge < -0.3 is 13.9 Å². The van der Waals surface area contributed by atoms with Crippen LogP contribution in [-0.2, 0) is 15.6 Å². The van der Waals surface area contributed by atoms with Crippen molar-refractivity contribution in [3.05, 3.63) is 35.8 Å². The Labute approximate surface area is 176 Å². The molecule has 5 atom stereocenters. The lowest BCUT2D eigenvalue weighted by Crippen LogP contribution is -2.68. The summed E-state index contributed by atoms with van der Waals surface area (Å²) in [5.74, 6) is 2.37. The molecule has 1 aromatic heterocycles. The van der Waals surface area contributed by atoms with E-state index in [-0.39, 0.29) is 22.7 Å². The molecule has 3 unspecified atom stereocenters. The number of rotatable bonds is 5. The van der Waals surface area contributed by atoms with Crippen molar-refractivity contribution >= 4 is 5.78 Å². The summed E-state index contributed by atoms with van der Waals surface area (Å²) in [6, 6.07) is 4.69. The van der Waals surface area contributed by atoms with Crippen molar-refractivity contribution < 1.29 is 18.7 Å². The molecule has 1 saturated heterocycles. The van der Waals surface area contributed by atoms with Crippen LogP contribution in [0.25, 0.3) is 11.1 Å². The molecule has 156 valence electrons. The number of nitrogens with zero attached hydrogens (tertiary/aromatic N) is 1. The van der Waals surface area contributed by atoms with Gasteiger partial charge in [-0.1, -0.05) is 13.3 Å². The van der Waals surface area contributed by atoms with Crippen LogP contribution in [0.2, 0.25) is 0 Å². The topological polar surface area (TPSA) is 51.9 Å². The van der Waals surface area contributed by atoms with Crippen LogP contribution >= 0.6 is 0 Å². The van der Waals surface area contributed by atoms with Crippen LogP contribution in [0.3, 0.4) is 0 Å². The summed E-state index contributed by atoms with van der Waals surface area (Å²) in [5.41, 5.74) is 4.99. The Kier molecular flexibility index (Phi) is 3.19. The van der Waals surface area contributed by atoms with Crippen molar-refractivity contribution in [2.75, 3.05) is 20.2 Å². The van der Waals surface area contributed by atoms with Gasteiger partial charge in [0.05, 0.1) is 19.6 Å². The molecule has 2 bridgehead atoms. The van der Waals surface area contributed by atoms with Gasteiger partial charge >= 0.3 is 0 Å². The van der Waals surface area contributed by atoms with Gasteiger partial charge in [0.25, 0.3) is 0 Å². The van der Waals surface area contributed by atoms with Gasteiger partial charge in [0, 0.05) is 41.0 Å². The molecule has 5 heteroatoms. The highest BCUT2D eigenvalue weighted by Gasteiger charge is 2.80. The highest BCUT2D eigenvalue weighted by Crippen LogP contribution is 2.77. The van der Waals surface area contributed by atoms with E-state index in [1.807, 2.05) is 12.3 Å². The molecule has 0 radical (unpaired) electrons. The van der Waals surface area contributed by atoms with Crippen molar-refractivity contribution in [1.29, 1.82) is 0 Å². The second-order valence-corrected chi connectivity index (χ2v) is 9.97. The van der Waals surface area contributed by atoms with Crippen molar-refractivity contribution in [3.63, 3.8) is 0 Å². The predicted molar refractivity (Wildman–Crippen MR) is 111 cm³/mol. The molecule has 3 fully saturated rings. The van der Waals surface area contributed by atoms with E-state index in [1.54, 1.807) is 13.4 Å². The van der Waals surface area contributed by atoms with Crippen LogP contribution < -0.4 is 9.47 Å². The third-order valence-electron chi connectivity index (χ3n) is 8.85. The maximum Gasteiger partial charge on any atom is 0.174 e. The summed E-state index contributed by atoms with van der Waals surface area (Å²) in [7, 11) is 1.70. The number of fused-ring (bicyclic) bond motifs is 1. The smallest absolute Gasteiger partial charge is 0.174 e. The van der Waals surface area contributed by atoms with Gasteiger partial charge in [0.15, 0.2) is 23.4 Å². The van der Waals surface area contributed by atoms with Gasteiger partial charge in [-0.25, -0.2) is 0 Å². The molecule has 2 aromatic rings. The first-order valence-electron chi connectivity index (χ1n) is 11.4. The van der Waals surface area contributed by atoms with Gasteiger partial charge in [-0.2, -0.15) is 0 Å². The molecular weight excluding hydrogens is 378 g/mol. The molecule has 0 amide bonds. The largest absolute Gasteiger partial charge is 0.493 e. The SMILES string of the molecule is CCCCN1CC23C[C@@]45c6c(c(OC)cc(-c7ccoc7)c62)O[C@@H]4C(=O)CCC5C13. The number of likely N-dealkylation sites (tertiary alicyclic amines) is 1. The first-order valence-corrected chi connectivity index (χ1v) is 11.4. The fraction of sp³-hybridized carbons (Fsp3) is 0.560. The van der Waals surface area contributed by atoms with Crippen LogP contribution in [-0.4, -0.2) is 43.0 Å². The van der Waals surface area contributed by atoms with Gasteiger partial charge in [0.1, 0.15) is 0 Å². The molecule has 30 heavy (non-hydrogen) atoms. The number of ether oxygens (including phenoxy) is 2. The number of hydrogen-bond acceptors (Lipinski definition) is 5. The molecule has 5 nitrogen and oxygen atoms in total. The average molecular weight is 405 g/mol. The Balaban J connectivity index is 1.50. The molecule has 2 saturated carbocycles. The maximum atomic E-state index is 13.1. The zero-order chi connectivity index (χ0) is 20.3. The summed E-state index contributed by atoms with van der Waals surface area (Å²) >= 11 is 0. The summed E-state index contributed by atoms with van der Waals surface area (Å²) < 4.78 is 17.7. The lowest BCUT2D eigenvalue weighted by atomic mass is 9.57. The van der Waals surface area contributed by atoms with Crippen LogP contribution in [0, 0.1) is 5.92 Å². The second kappa shape index (κ2) is 5.50. The van der Waals surface area contributed by atoms with Gasteiger partial charge in [-0.3, -0.25) is 9.69 Å². The van der Waals surface area contributed by atoms with Gasteiger partial charge in [-0.05, 0) is 55.0 Å². The number of Topliss-reactive ketones (excluding diaryl/α,β-unsaturated/α-hetero) is 1. The number of hydrogen-bond donors (Lipinski definition) is 0. The standard InChI is InChI=1S/C25H27NO4/c1-3-4-8-26-13-24-12-25-16(22(24)26)5-6-17(27)23(25)30-21-18(28-2)10-15(19(24)20(21)25)14-7-9-29-11-14/h7,9-11,16,22-23H,3-6,8,12-13H2,1-2H3/t16?,22?,23-,24?,25-/m1/s1. The van der Waals surface area contributed by atoms with E-state index in [4.69, 9.17) is 13.9 Å². The molecule has 1 aromatic carbocycles. The first kappa shape index (κ1) is 17.4. The maximum absolute atomic E-state index is 13.1. The van der Waals surface area contributed by atoms with Crippen molar-refractivity contribution in [1.82, 2.24) is 4.90 Å². The van der Waals surface area contributed by atoms with E-state index >= 15 is 0 Å². The normalized spacial score (nSPS) is 37.0. The van der Waals surface area contributed by atoms with Crippen LogP contribution in [0.5, 0.6) is 11.5 Å². The van der Waals surface area contributed by atoms with Gasteiger partial charge in [0.2, 0.25) is 0 Å². The minimum absolute atomic E-state index is 0.133. The zero-order valence-electron chi connectivity index (χ0n) is 17.6. The highest BCUT2D eigenvalue weighted by molar-refractivity contribution is 5.92. The summed E-state index contributed by atoms with van der Waals surface area (Å²) in [5, 5.41) is 0. The predicted octanol–water partition coefficient (Wildman–Crippen LogP) is 4.07. The third kappa shape index (κ3) is 1.68. The van der Waals surface area contributed by atoms with E-state index in [0.29, 0.717) is 18.4 Å². The zero-order valence-corrected chi connectivity index (χ0v) is 17.6. The summed E-state index contributed by atoms with van der Waals surface area (Å²) in [6.45, 7) is 4.52. The van der Waals surface area contributed by atoms with E-state index < -0.39 is 0 Å². The third-order valence-corrected chi connectivity index (χ3v) is 8.85. The molecule has 3 aliphatic carbocycles. The van der Waals surface area contributed by atoms with E-state index in [1.165, 1.54) is 29.5 Å². The number of ketones is 1. The lowest BCUT2D eigenvalue weighted by molar-refractivity contribution is -0.133. The van der Waals surface area contributed by atoms with Crippen molar-refractivity contribution in [2.45, 2.75) is 62.0 Å². The number of carbonyl (C=O) groups excluding carboxylic acids is 1. The fourth-order valence-corrected chi connectivity index (χ4v) is 8.05. The number of methoxy groups -OCH3 is 1. The molecule has 2 aliphatic heterocycles. The van der Waals surface area contributed by atoms with Crippen LogP contribution in [0.15, 0.2) is 29.1 Å². The first-order chi connectivity index (χ1) is 14.7.